The third-order valence-electron chi connectivity index (χ3n) is 4.03. The molecule has 0 radical (unpaired) electrons. The fourth-order valence-electron chi connectivity index (χ4n) is 2.68. The lowest BCUT2D eigenvalue weighted by molar-refractivity contribution is 0.0951. The average Bonchev–Trinajstić information content (AvgIpc) is 2.84. The van der Waals surface area contributed by atoms with Gasteiger partial charge >= 0.3 is 0 Å². The predicted octanol–water partition coefficient (Wildman–Crippen LogP) is 3.46. The molecule has 0 atom stereocenters. The van der Waals surface area contributed by atoms with Crippen LogP contribution in [0, 0.1) is 13.8 Å². The topological polar surface area (TPSA) is 58.4 Å². The molecular formula is C18H25N3O2. The van der Waals surface area contributed by atoms with E-state index in [2.05, 4.69) is 36.1 Å². The second-order valence-corrected chi connectivity index (χ2v) is 5.91. The number of benzene rings is 1. The lowest BCUT2D eigenvalue weighted by Crippen LogP contribution is -2.30. The number of aryl methyl sites for hydroxylation is 2. The molecule has 0 aliphatic rings. The summed E-state index contributed by atoms with van der Waals surface area (Å²) < 4.78 is 5.10. The molecule has 1 aromatic heterocycles. The molecule has 124 valence electrons. The van der Waals surface area contributed by atoms with Gasteiger partial charge in [-0.05, 0) is 58.9 Å². The number of carbonyl (C=O) groups is 1. The summed E-state index contributed by atoms with van der Waals surface area (Å²) in [7, 11) is 0. The van der Waals surface area contributed by atoms with Crippen molar-refractivity contribution in [2.24, 2.45) is 0 Å². The van der Waals surface area contributed by atoms with E-state index in [4.69, 9.17) is 4.52 Å². The van der Waals surface area contributed by atoms with Gasteiger partial charge in [-0.15, -0.1) is 0 Å². The molecule has 1 aromatic carbocycles. The highest BCUT2D eigenvalue weighted by Crippen LogP contribution is 2.18. The Balaban J connectivity index is 2.03. The molecule has 0 fully saturated rings. The van der Waals surface area contributed by atoms with Crippen molar-refractivity contribution in [3.8, 4) is 0 Å². The van der Waals surface area contributed by atoms with Gasteiger partial charge in [0.1, 0.15) is 5.76 Å². The van der Waals surface area contributed by atoms with Crippen LogP contribution in [0.5, 0.6) is 0 Å². The predicted molar refractivity (Wildman–Crippen MR) is 91.7 cm³/mol. The molecule has 5 nitrogen and oxygen atoms in total. The van der Waals surface area contributed by atoms with E-state index in [0.29, 0.717) is 18.2 Å². The van der Waals surface area contributed by atoms with Crippen LogP contribution in [0.15, 0.2) is 28.8 Å². The Hall–Kier alpha value is -2.30. The fourth-order valence-corrected chi connectivity index (χ4v) is 2.68. The fraction of sp³-hybridized carbons (Fsp3) is 0.444. The first-order valence-electron chi connectivity index (χ1n) is 8.00. The summed E-state index contributed by atoms with van der Waals surface area (Å²) in [4.78, 5) is 14.6. The van der Waals surface area contributed by atoms with Crippen LogP contribution < -0.4 is 10.2 Å². The van der Waals surface area contributed by atoms with Crippen LogP contribution in [-0.4, -0.2) is 23.7 Å². The first-order valence-corrected chi connectivity index (χ1v) is 8.00. The van der Waals surface area contributed by atoms with E-state index in [1.165, 1.54) is 0 Å². The minimum atomic E-state index is -0.0934. The summed E-state index contributed by atoms with van der Waals surface area (Å²) in [5.41, 5.74) is 3.53. The Morgan fingerprint density at radius 1 is 1.26 bits per heavy atom. The summed E-state index contributed by atoms with van der Waals surface area (Å²) >= 11 is 0. The largest absolute Gasteiger partial charge is 0.369 e. The highest BCUT2D eigenvalue weighted by molar-refractivity contribution is 5.94. The van der Waals surface area contributed by atoms with Gasteiger partial charge in [-0.25, -0.2) is 0 Å². The molecule has 0 aliphatic heterocycles. The van der Waals surface area contributed by atoms with Crippen LogP contribution in [0.4, 0.5) is 5.69 Å². The summed E-state index contributed by atoms with van der Waals surface area (Å²) in [6.45, 7) is 11.5. The Bertz CT molecular complexity index is 640. The van der Waals surface area contributed by atoms with Gasteiger partial charge in [0, 0.05) is 35.9 Å². The molecule has 23 heavy (non-hydrogen) atoms. The highest BCUT2D eigenvalue weighted by atomic mass is 16.5. The Morgan fingerprint density at radius 3 is 2.39 bits per heavy atom. The van der Waals surface area contributed by atoms with Crippen molar-refractivity contribution in [3.05, 3.63) is 46.8 Å². The first kappa shape index (κ1) is 17.1. The van der Waals surface area contributed by atoms with E-state index in [1.54, 1.807) is 0 Å². The van der Waals surface area contributed by atoms with Crippen molar-refractivity contribution >= 4 is 11.6 Å². The Morgan fingerprint density at radius 2 is 1.91 bits per heavy atom. The van der Waals surface area contributed by atoms with Crippen molar-refractivity contribution in [1.29, 1.82) is 0 Å². The standard InChI is InChI=1S/C18H25N3O2/c1-6-21(12(2)3)16-9-7-15(8-10-16)18(22)19-11-17-13(4)20-23-14(17)5/h7-10,12H,6,11H2,1-5H3,(H,19,22). The molecular weight excluding hydrogens is 290 g/mol. The lowest BCUT2D eigenvalue weighted by atomic mass is 10.1. The summed E-state index contributed by atoms with van der Waals surface area (Å²) in [6, 6.07) is 8.15. The summed E-state index contributed by atoms with van der Waals surface area (Å²) in [5.74, 6) is 0.651. The normalized spacial score (nSPS) is 10.9. The Kier molecular flexibility index (Phi) is 5.42. The van der Waals surface area contributed by atoms with E-state index >= 15 is 0 Å². The summed E-state index contributed by atoms with van der Waals surface area (Å²) in [5, 5.41) is 6.81. The molecule has 2 rings (SSSR count). The molecule has 0 saturated heterocycles. The van der Waals surface area contributed by atoms with Crippen molar-refractivity contribution < 1.29 is 9.32 Å². The minimum Gasteiger partial charge on any atom is -0.369 e. The molecule has 0 saturated carbocycles. The minimum absolute atomic E-state index is 0.0934. The number of anilines is 1. The number of nitrogens with one attached hydrogen (secondary N) is 1. The third kappa shape index (κ3) is 3.92. The van der Waals surface area contributed by atoms with Crippen molar-refractivity contribution in [3.63, 3.8) is 0 Å². The molecule has 0 bridgehead atoms. The molecule has 1 heterocycles. The zero-order valence-electron chi connectivity index (χ0n) is 14.5. The van der Waals surface area contributed by atoms with Crippen LogP contribution >= 0.6 is 0 Å². The Labute approximate surface area is 137 Å². The first-order chi connectivity index (χ1) is 10.9. The van der Waals surface area contributed by atoms with Crippen LogP contribution in [0.3, 0.4) is 0 Å². The smallest absolute Gasteiger partial charge is 0.251 e. The monoisotopic (exact) mass is 315 g/mol. The zero-order chi connectivity index (χ0) is 17.0. The van der Waals surface area contributed by atoms with E-state index in [-0.39, 0.29) is 5.91 Å². The van der Waals surface area contributed by atoms with Crippen LogP contribution in [0.25, 0.3) is 0 Å². The lowest BCUT2D eigenvalue weighted by Gasteiger charge is -2.27. The van der Waals surface area contributed by atoms with Gasteiger partial charge in [0.15, 0.2) is 0 Å². The van der Waals surface area contributed by atoms with Gasteiger partial charge in [-0.1, -0.05) is 5.16 Å². The highest BCUT2D eigenvalue weighted by Gasteiger charge is 2.13. The van der Waals surface area contributed by atoms with Gasteiger partial charge < -0.3 is 14.7 Å². The average molecular weight is 315 g/mol. The zero-order valence-corrected chi connectivity index (χ0v) is 14.5. The molecule has 1 amide bonds. The van der Waals surface area contributed by atoms with Crippen LogP contribution in [0.2, 0.25) is 0 Å². The van der Waals surface area contributed by atoms with Gasteiger partial charge in [-0.2, -0.15) is 0 Å². The maximum Gasteiger partial charge on any atom is 0.251 e. The second-order valence-electron chi connectivity index (χ2n) is 5.91. The van der Waals surface area contributed by atoms with Gasteiger partial charge in [0.05, 0.1) is 5.69 Å². The number of hydrogen-bond donors (Lipinski definition) is 1. The number of amides is 1. The van der Waals surface area contributed by atoms with Gasteiger partial charge in [0.2, 0.25) is 0 Å². The maximum atomic E-state index is 12.3. The maximum absolute atomic E-state index is 12.3. The van der Waals surface area contributed by atoms with Crippen molar-refractivity contribution in [2.45, 2.75) is 47.2 Å². The quantitative estimate of drug-likeness (QED) is 0.887. The summed E-state index contributed by atoms with van der Waals surface area (Å²) in [6.07, 6.45) is 0. The molecule has 5 heteroatoms. The van der Waals surface area contributed by atoms with E-state index in [0.717, 1.165) is 29.2 Å². The number of rotatable bonds is 6. The SMILES string of the molecule is CCN(c1ccc(C(=O)NCc2c(C)noc2C)cc1)C(C)C. The van der Waals surface area contributed by atoms with E-state index in [9.17, 15) is 4.79 Å². The van der Waals surface area contributed by atoms with E-state index in [1.807, 2.05) is 38.1 Å². The molecule has 0 aliphatic carbocycles. The molecule has 2 aromatic rings. The van der Waals surface area contributed by atoms with Crippen LogP contribution in [0.1, 0.15) is 48.1 Å². The van der Waals surface area contributed by atoms with Crippen LogP contribution in [-0.2, 0) is 6.54 Å². The third-order valence-corrected chi connectivity index (χ3v) is 4.03. The molecule has 1 N–H and O–H groups in total. The second kappa shape index (κ2) is 7.31. The van der Waals surface area contributed by atoms with Gasteiger partial charge in [-0.3, -0.25) is 4.79 Å². The number of carbonyl (C=O) groups excluding carboxylic acids is 1. The van der Waals surface area contributed by atoms with Crippen molar-refractivity contribution in [2.75, 3.05) is 11.4 Å². The van der Waals surface area contributed by atoms with E-state index < -0.39 is 0 Å². The number of nitrogens with zero attached hydrogens (tertiary/aromatic N) is 2. The number of hydrogen-bond acceptors (Lipinski definition) is 4. The van der Waals surface area contributed by atoms with Crippen molar-refractivity contribution in [1.82, 2.24) is 10.5 Å². The number of aromatic nitrogens is 1. The molecule has 0 spiro atoms. The van der Waals surface area contributed by atoms with Gasteiger partial charge in [0.25, 0.3) is 5.91 Å². The molecule has 0 unspecified atom stereocenters.